The first-order valence-corrected chi connectivity index (χ1v) is 12.3. The van der Waals surface area contributed by atoms with E-state index < -0.39 is 10.0 Å². The molecule has 1 aliphatic rings. The van der Waals surface area contributed by atoms with E-state index in [-0.39, 0.29) is 10.8 Å². The van der Waals surface area contributed by atoms with Crippen molar-refractivity contribution in [1.29, 1.82) is 0 Å². The highest BCUT2D eigenvalue weighted by atomic mass is 32.2. The predicted octanol–water partition coefficient (Wildman–Crippen LogP) is 4.31. The molecular weight excluding hydrogens is 424 g/mol. The molecule has 1 saturated heterocycles. The minimum absolute atomic E-state index is 0.205. The quantitative estimate of drug-likeness (QED) is 0.625. The lowest BCUT2D eigenvalue weighted by atomic mass is 10.2. The summed E-state index contributed by atoms with van der Waals surface area (Å²) in [6.45, 7) is 4.88. The third kappa shape index (κ3) is 4.47. The number of sulfonamides is 1. The van der Waals surface area contributed by atoms with Crippen LogP contribution in [-0.4, -0.2) is 41.3 Å². The third-order valence-corrected chi connectivity index (χ3v) is 7.74. The van der Waals surface area contributed by atoms with Gasteiger partial charge in [0.25, 0.3) is 5.91 Å². The molecule has 1 aromatic carbocycles. The molecule has 0 saturated carbocycles. The van der Waals surface area contributed by atoms with Crippen molar-refractivity contribution in [2.24, 2.45) is 0 Å². The van der Waals surface area contributed by atoms with E-state index in [9.17, 15) is 13.2 Å². The highest BCUT2D eigenvalue weighted by Crippen LogP contribution is 2.24. The van der Waals surface area contributed by atoms with Crippen molar-refractivity contribution in [3.05, 3.63) is 71.7 Å². The first-order valence-electron chi connectivity index (χ1n) is 10.9. The molecule has 3 aromatic rings. The Morgan fingerprint density at radius 2 is 1.72 bits per heavy atom. The molecule has 0 radical (unpaired) electrons. The number of hydrogen-bond donors (Lipinski definition) is 1. The number of nitrogens with one attached hydrogen (secondary N) is 1. The lowest BCUT2D eigenvalue weighted by molar-refractivity contribution is 0.102. The number of pyridine rings is 1. The van der Waals surface area contributed by atoms with Gasteiger partial charge in [0.2, 0.25) is 10.0 Å². The molecule has 3 heterocycles. The number of carbonyl (C=O) groups is 1. The molecule has 168 valence electrons. The Morgan fingerprint density at radius 3 is 2.41 bits per heavy atom. The SMILES string of the molecule is Cc1cc(C(=O)Nc2cccc(S(=O)(=O)N3CCCCCC3)c2)c(C)n1-c1ccccn1. The van der Waals surface area contributed by atoms with Gasteiger partial charge in [0.1, 0.15) is 5.82 Å². The molecule has 7 nitrogen and oxygen atoms in total. The summed E-state index contributed by atoms with van der Waals surface area (Å²) in [5, 5.41) is 2.86. The second-order valence-corrected chi connectivity index (χ2v) is 10.0. The van der Waals surface area contributed by atoms with E-state index >= 15 is 0 Å². The fourth-order valence-electron chi connectivity index (χ4n) is 4.20. The van der Waals surface area contributed by atoms with Crippen LogP contribution in [0.1, 0.15) is 47.4 Å². The van der Waals surface area contributed by atoms with Gasteiger partial charge in [-0.3, -0.25) is 4.79 Å². The average molecular weight is 453 g/mol. The number of carbonyl (C=O) groups excluding carboxylic acids is 1. The molecular formula is C24H28N4O3S. The zero-order valence-electron chi connectivity index (χ0n) is 18.4. The van der Waals surface area contributed by atoms with Crippen LogP contribution in [0.15, 0.2) is 59.6 Å². The van der Waals surface area contributed by atoms with Crippen molar-refractivity contribution in [3.63, 3.8) is 0 Å². The molecule has 32 heavy (non-hydrogen) atoms. The Labute approximate surface area is 189 Å². The number of amides is 1. The first-order chi connectivity index (χ1) is 15.4. The summed E-state index contributed by atoms with van der Waals surface area (Å²) < 4.78 is 29.7. The molecule has 0 unspecified atom stereocenters. The number of anilines is 1. The molecule has 0 aliphatic carbocycles. The molecule has 1 N–H and O–H groups in total. The standard InChI is InChI=1S/C24H28N4O3S/c1-18-16-22(19(2)28(18)23-12-5-6-13-25-23)24(29)26-20-10-9-11-21(17-20)32(30,31)27-14-7-3-4-8-15-27/h5-6,9-13,16-17H,3-4,7-8,14-15H2,1-2H3,(H,26,29). The molecule has 0 atom stereocenters. The average Bonchev–Trinajstić information content (AvgIpc) is 2.96. The Morgan fingerprint density at radius 1 is 0.969 bits per heavy atom. The van der Waals surface area contributed by atoms with Gasteiger partial charge in [-0.2, -0.15) is 4.31 Å². The van der Waals surface area contributed by atoms with Crippen LogP contribution < -0.4 is 5.32 Å². The summed E-state index contributed by atoms with van der Waals surface area (Å²) in [4.78, 5) is 17.6. The van der Waals surface area contributed by atoms with E-state index in [0.717, 1.165) is 42.9 Å². The summed E-state index contributed by atoms with van der Waals surface area (Å²) in [6.07, 6.45) is 5.57. The zero-order chi connectivity index (χ0) is 22.7. The highest BCUT2D eigenvalue weighted by Gasteiger charge is 2.25. The summed E-state index contributed by atoms with van der Waals surface area (Å²) in [5.41, 5.74) is 2.64. The maximum atomic E-state index is 13.1. The summed E-state index contributed by atoms with van der Waals surface area (Å²) in [6, 6.07) is 13.9. The molecule has 8 heteroatoms. The zero-order valence-corrected chi connectivity index (χ0v) is 19.2. The number of hydrogen-bond acceptors (Lipinski definition) is 4. The largest absolute Gasteiger partial charge is 0.322 e. The van der Waals surface area contributed by atoms with Gasteiger partial charge in [0.15, 0.2) is 0 Å². The van der Waals surface area contributed by atoms with Crippen LogP contribution in [0, 0.1) is 13.8 Å². The molecule has 1 amide bonds. The fourth-order valence-corrected chi connectivity index (χ4v) is 5.76. The molecule has 0 spiro atoms. The van der Waals surface area contributed by atoms with Crippen LogP contribution in [0.2, 0.25) is 0 Å². The van der Waals surface area contributed by atoms with E-state index in [0.29, 0.717) is 24.3 Å². The monoisotopic (exact) mass is 452 g/mol. The number of aryl methyl sites for hydroxylation is 1. The van der Waals surface area contributed by atoms with Crippen LogP contribution in [0.5, 0.6) is 0 Å². The Bertz CT molecular complexity index is 1210. The smallest absolute Gasteiger partial charge is 0.257 e. The van der Waals surface area contributed by atoms with E-state index in [1.165, 1.54) is 6.07 Å². The molecule has 4 rings (SSSR count). The number of benzene rings is 1. The number of rotatable bonds is 5. The minimum Gasteiger partial charge on any atom is -0.322 e. The molecule has 2 aromatic heterocycles. The minimum atomic E-state index is -3.59. The van der Waals surface area contributed by atoms with Crippen LogP contribution in [-0.2, 0) is 10.0 Å². The molecule has 1 aliphatic heterocycles. The van der Waals surface area contributed by atoms with Crippen LogP contribution in [0.25, 0.3) is 5.82 Å². The number of nitrogens with zero attached hydrogens (tertiary/aromatic N) is 3. The maximum absolute atomic E-state index is 13.1. The lowest BCUT2D eigenvalue weighted by Crippen LogP contribution is -2.32. The van der Waals surface area contributed by atoms with E-state index in [2.05, 4.69) is 10.3 Å². The van der Waals surface area contributed by atoms with Crippen molar-refractivity contribution in [3.8, 4) is 5.82 Å². The van der Waals surface area contributed by atoms with Gasteiger partial charge in [0.05, 0.1) is 10.5 Å². The molecule has 1 fully saturated rings. The predicted molar refractivity (Wildman–Crippen MR) is 125 cm³/mol. The van der Waals surface area contributed by atoms with Gasteiger partial charge in [-0.05, 0) is 63.1 Å². The maximum Gasteiger partial charge on any atom is 0.257 e. The van der Waals surface area contributed by atoms with Gasteiger partial charge in [0, 0.05) is 36.4 Å². The van der Waals surface area contributed by atoms with Gasteiger partial charge < -0.3 is 9.88 Å². The summed E-state index contributed by atoms with van der Waals surface area (Å²) in [7, 11) is -3.59. The molecule has 0 bridgehead atoms. The van der Waals surface area contributed by atoms with Gasteiger partial charge >= 0.3 is 0 Å². The summed E-state index contributed by atoms with van der Waals surface area (Å²) in [5.74, 6) is 0.455. The van der Waals surface area contributed by atoms with Gasteiger partial charge in [-0.1, -0.05) is 25.0 Å². The summed E-state index contributed by atoms with van der Waals surface area (Å²) >= 11 is 0. The van der Waals surface area contributed by atoms with Crippen LogP contribution in [0.3, 0.4) is 0 Å². The van der Waals surface area contributed by atoms with E-state index in [1.807, 2.05) is 42.7 Å². The highest BCUT2D eigenvalue weighted by molar-refractivity contribution is 7.89. The Kier molecular flexibility index (Phi) is 6.43. The van der Waals surface area contributed by atoms with Crippen molar-refractivity contribution >= 4 is 21.6 Å². The van der Waals surface area contributed by atoms with E-state index in [1.54, 1.807) is 28.7 Å². The first kappa shape index (κ1) is 22.2. The van der Waals surface area contributed by atoms with Gasteiger partial charge in [-0.15, -0.1) is 0 Å². The van der Waals surface area contributed by atoms with Crippen molar-refractivity contribution < 1.29 is 13.2 Å². The van der Waals surface area contributed by atoms with Crippen molar-refractivity contribution in [2.45, 2.75) is 44.4 Å². The van der Waals surface area contributed by atoms with Crippen molar-refractivity contribution in [2.75, 3.05) is 18.4 Å². The normalized spacial score (nSPS) is 15.3. The Hall–Kier alpha value is -2.97. The number of aromatic nitrogens is 2. The lowest BCUT2D eigenvalue weighted by Gasteiger charge is -2.20. The van der Waals surface area contributed by atoms with Crippen molar-refractivity contribution in [1.82, 2.24) is 13.9 Å². The van der Waals surface area contributed by atoms with Crippen LogP contribution >= 0.6 is 0 Å². The third-order valence-electron chi connectivity index (χ3n) is 5.85. The van der Waals surface area contributed by atoms with Gasteiger partial charge in [-0.25, -0.2) is 13.4 Å². The second kappa shape index (κ2) is 9.26. The van der Waals surface area contributed by atoms with E-state index in [4.69, 9.17) is 0 Å². The Balaban J connectivity index is 1.57. The van der Waals surface area contributed by atoms with Crippen LogP contribution in [0.4, 0.5) is 5.69 Å². The fraction of sp³-hybridized carbons (Fsp3) is 0.333. The second-order valence-electron chi connectivity index (χ2n) is 8.11. The topological polar surface area (TPSA) is 84.3 Å².